The van der Waals surface area contributed by atoms with Crippen molar-refractivity contribution >= 4 is 0 Å². The van der Waals surface area contributed by atoms with Gasteiger partial charge >= 0.3 is 0 Å². The summed E-state index contributed by atoms with van der Waals surface area (Å²) in [6.07, 6.45) is 0. The van der Waals surface area contributed by atoms with Crippen LogP contribution in [0.2, 0.25) is 0 Å². The predicted molar refractivity (Wildman–Crippen MR) is 62.2 cm³/mol. The van der Waals surface area contributed by atoms with Gasteiger partial charge in [0.15, 0.2) is 0 Å². The third kappa shape index (κ3) is 2.55. The second-order valence-corrected chi connectivity index (χ2v) is 3.82. The molecular weight excluding hydrogens is 237 g/mol. The highest BCUT2D eigenvalue weighted by Crippen LogP contribution is 2.12. The van der Waals surface area contributed by atoms with E-state index in [-0.39, 0.29) is 25.6 Å². The van der Waals surface area contributed by atoms with E-state index in [2.05, 4.69) is 10.3 Å². The number of aromatic nitrogens is 3. The van der Waals surface area contributed by atoms with E-state index in [1.54, 1.807) is 25.3 Å². The van der Waals surface area contributed by atoms with Gasteiger partial charge in [0.2, 0.25) is 0 Å². The Morgan fingerprint density at radius 3 is 2.83 bits per heavy atom. The molecule has 0 aliphatic carbocycles. The fourth-order valence-electron chi connectivity index (χ4n) is 1.70. The molecule has 2 aromatic rings. The first-order valence-corrected chi connectivity index (χ1v) is 5.50. The van der Waals surface area contributed by atoms with Crippen LogP contribution in [-0.4, -0.2) is 27.2 Å². The molecule has 0 atom stereocenters. The van der Waals surface area contributed by atoms with Gasteiger partial charge in [0.05, 0.1) is 25.5 Å². The molecule has 0 unspecified atom stereocenters. The standard InChI is InChI=1S/C12H14FN3O2/c1-18-8-12-11(7-17)14-15-16(12)6-9-4-2-3-5-10(9)13/h2-5,17H,6-8H2,1H3. The van der Waals surface area contributed by atoms with Crippen LogP contribution >= 0.6 is 0 Å². The van der Waals surface area contributed by atoms with Crippen LogP contribution in [0.15, 0.2) is 24.3 Å². The highest BCUT2D eigenvalue weighted by atomic mass is 19.1. The van der Waals surface area contributed by atoms with E-state index in [1.165, 1.54) is 10.7 Å². The van der Waals surface area contributed by atoms with E-state index < -0.39 is 0 Å². The van der Waals surface area contributed by atoms with E-state index >= 15 is 0 Å². The van der Waals surface area contributed by atoms with Crippen molar-refractivity contribution < 1.29 is 14.2 Å². The quantitative estimate of drug-likeness (QED) is 0.864. The lowest BCUT2D eigenvalue weighted by molar-refractivity contribution is 0.173. The van der Waals surface area contributed by atoms with Crippen LogP contribution in [0, 0.1) is 5.82 Å². The number of methoxy groups -OCH3 is 1. The maximum absolute atomic E-state index is 13.5. The van der Waals surface area contributed by atoms with E-state index in [9.17, 15) is 4.39 Å². The number of aliphatic hydroxyl groups is 1. The highest BCUT2D eigenvalue weighted by molar-refractivity contribution is 5.19. The Kier molecular flexibility index (Phi) is 4.01. The molecule has 2 rings (SSSR count). The molecule has 1 heterocycles. The lowest BCUT2D eigenvalue weighted by Crippen LogP contribution is -2.09. The zero-order valence-corrected chi connectivity index (χ0v) is 10.0. The minimum absolute atomic E-state index is 0.212. The molecule has 5 nitrogen and oxygen atoms in total. The van der Waals surface area contributed by atoms with Crippen molar-refractivity contribution in [1.29, 1.82) is 0 Å². The number of rotatable bonds is 5. The second-order valence-electron chi connectivity index (χ2n) is 3.82. The van der Waals surface area contributed by atoms with Gasteiger partial charge in [0.1, 0.15) is 11.5 Å². The van der Waals surface area contributed by atoms with Gasteiger partial charge in [-0.25, -0.2) is 9.07 Å². The highest BCUT2D eigenvalue weighted by Gasteiger charge is 2.13. The third-order valence-electron chi connectivity index (χ3n) is 2.63. The van der Waals surface area contributed by atoms with E-state index in [1.807, 2.05) is 0 Å². The zero-order valence-electron chi connectivity index (χ0n) is 10.0. The summed E-state index contributed by atoms with van der Waals surface area (Å²) in [4.78, 5) is 0. The van der Waals surface area contributed by atoms with E-state index in [0.29, 0.717) is 17.0 Å². The summed E-state index contributed by atoms with van der Waals surface area (Å²) in [5, 5.41) is 16.9. The molecule has 0 bridgehead atoms. The number of aliphatic hydroxyl groups excluding tert-OH is 1. The van der Waals surface area contributed by atoms with Gasteiger partial charge in [-0.3, -0.25) is 0 Å². The Balaban J connectivity index is 2.29. The van der Waals surface area contributed by atoms with Crippen LogP contribution in [0.3, 0.4) is 0 Å². The molecule has 0 aliphatic heterocycles. The number of ether oxygens (including phenoxy) is 1. The summed E-state index contributed by atoms with van der Waals surface area (Å²) in [5.74, 6) is -0.290. The molecule has 0 radical (unpaired) electrons. The first-order chi connectivity index (χ1) is 8.76. The number of halogens is 1. The summed E-state index contributed by atoms with van der Waals surface area (Å²) in [6.45, 7) is 0.325. The van der Waals surface area contributed by atoms with Gasteiger partial charge in [0, 0.05) is 12.7 Å². The first-order valence-electron chi connectivity index (χ1n) is 5.50. The van der Waals surface area contributed by atoms with E-state index in [0.717, 1.165) is 0 Å². The number of hydrogen-bond donors (Lipinski definition) is 1. The molecule has 0 amide bonds. The monoisotopic (exact) mass is 251 g/mol. The Hall–Kier alpha value is -1.79. The van der Waals surface area contributed by atoms with Crippen molar-refractivity contribution in [3.05, 3.63) is 47.0 Å². The van der Waals surface area contributed by atoms with Crippen molar-refractivity contribution in [2.24, 2.45) is 0 Å². The molecule has 1 aromatic heterocycles. The maximum atomic E-state index is 13.5. The number of hydrogen-bond acceptors (Lipinski definition) is 4. The SMILES string of the molecule is COCc1c(CO)nnn1Cc1ccccc1F. The predicted octanol–water partition coefficient (Wildman–Crippen LogP) is 1.10. The molecule has 0 saturated heterocycles. The fourth-order valence-corrected chi connectivity index (χ4v) is 1.70. The molecule has 0 aliphatic rings. The first kappa shape index (κ1) is 12.7. The molecule has 18 heavy (non-hydrogen) atoms. The summed E-state index contributed by atoms with van der Waals surface area (Å²) < 4.78 is 20.1. The van der Waals surface area contributed by atoms with Crippen LogP contribution in [0.5, 0.6) is 0 Å². The normalized spacial score (nSPS) is 10.8. The Bertz CT molecular complexity index is 528. The van der Waals surface area contributed by atoms with Crippen LogP contribution in [-0.2, 0) is 24.5 Å². The van der Waals surface area contributed by atoms with Crippen LogP contribution in [0.1, 0.15) is 17.0 Å². The Morgan fingerprint density at radius 2 is 2.17 bits per heavy atom. The average Bonchev–Trinajstić information content (AvgIpc) is 2.75. The molecule has 1 N–H and O–H groups in total. The number of nitrogens with zero attached hydrogens (tertiary/aromatic N) is 3. The lowest BCUT2D eigenvalue weighted by Gasteiger charge is -2.07. The Labute approximate surface area is 104 Å². The second kappa shape index (κ2) is 5.70. The molecule has 6 heteroatoms. The smallest absolute Gasteiger partial charge is 0.128 e. The molecule has 0 saturated carbocycles. The zero-order chi connectivity index (χ0) is 13.0. The minimum Gasteiger partial charge on any atom is -0.390 e. The molecule has 96 valence electrons. The molecule has 0 fully saturated rings. The van der Waals surface area contributed by atoms with Crippen molar-refractivity contribution in [3.63, 3.8) is 0 Å². The minimum atomic E-state index is -0.290. The molecule has 1 aromatic carbocycles. The summed E-state index contributed by atoms with van der Waals surface area (Å²) in [5.41, 5.74) is 1.63. The van der Waals surface area contributed by atoms with Crippen LogP contribution in [0.25, 0.3) is 0 Å². The fraction of sp³-hybridized carbons (Fsp3) is 0.333. The van der Waals surface area contributed by atoms with Crippen molar-refractivity contribution in [2.75, 3.05) is 7.11 Å². The van der Waals surface area contributed by atoms with Crippen LogP contribution in [0.4, 0.5) is 4.39 Å². The van der Waals surface area contributed by atoms with Gasteiger partial charge in [-0.1, -0.05) is 23.4 Å². The van der Waals surface area contributed by atoms with Crippen molar-refractivity contribution in [3.8, 4) is 0 Å². The van der Waals surface area contributed by atoms with E-state index in [4.69, 9.17) is 9.84 Å². The summed E-state index contributed by atoms with van der Waals surface area (Å²) in [7, 11) is 1.54. The van der Waals surface area contributed by atoms with Crippen molar-refractivity contribution in [2.45, 2.75) is 19.8 Å². The summed E-state index contributed by atoms with van der Waals surface area (Å²) in [6, 6.07) is 6.48. The Morgan fingerprint density at radius 1 is 1.39 bits per heavy atom. The maximum Gasteiger partial charge on any atom is 0.128 e. The lowest BCUT2D eigenvalue weighted by atomic mass is 10.2. The van der Waals surface area contributed by atoms with Crippen molar-refractivity contribution in [1.82, 2.24) is 15.0 Å². The topological polar surface area (TPSA) is 60.2 Å². The van der Waals surface area contributed by atoms with Gasteiger partial charge in [0.25, 0.3) is 0 Å². The average molecular weight is 251 g/mol. The number of benzene rings is 1. The molecular formula is C12H14FN3O2. The van der Waals surface area contributed by atoms with Gasteiger partial charge in [-0.05, 0) is 6.07 Å². The largest absolute Gasteiger partial charge is 0.390 e. The van der Waals surface area contributed by atoms with Gasteiger partial charge in [-0.2, -0.15) is 0 Å². The van der Waals surface area contributed by atoms with Gasteiger partial charge < -0.3 is 9.84 Å². The third-order valence-corrected chi connectivity index (χ3v) is 2.63. The van der Waals surface area contributed by atoms with Crippen LogP contribution < -0.4 is 0 Å². The molecule has 0 spiro atoms. The van der Waals surface area contributed by atoms with Gasteiger partial charge in [-0.15, -0.1) is 5.10 Å². The summed E-state index contributed by atoms with van der Waals surface area (Å²) >= 11 is 0.